The third-order valence-electron chi connectivity index (χ3n) is 2.12. The maximum atomic E-state index is 13.2. The van der Waals surface area contributed by atoms with Crippen molar-refractivity contribution in [1.82, 2.24) is 4.72 Å². The third kappa shape index (κ3) is 3.31. The molecule has 7 heteroatoms. The summed E-state index contributed by atoms with van der Waals surface area (Å²) in [7, 11) is -4.24. The van der Waals surface area contributed by atoms with E-state index in [0.717, 1.165) is 6.07 Å². The molecule has 0 amide bonds. The molecule has 1 aromatic rings. The molecule has 0 fully saturated rings. The summed E-state index contributed by atoms with van der Waals surface area (Å²) in [4.78, 5) is 10.1. The topological polar surface area (TPSA) is 63.2 Å². The summed E-state index contributed by atoms with van der Waals surface area (Å²) >= 11 is 0. The SMILES string of the molecule is CC(=O)C(C)NS(=O)(=O)c1cc(F)ccc1F. The molecule has 0 aromatic heterocycles. The van der Waals surface area contributed by atoms with Crippen LogP contribution in [0.15, 0.2) is 23.1 Å². The van der Waals surface area contributed by atoms with Crippen molar-refractivity contribution >= 4 is 15.8 Å². The average Bonchev–Trinajstić information content (AvgIpc) is 2.20. The molecule has 94 valence electrons. The Labute approximate surface area is 97.7 Å². The van der Waals surface area contributed by atoms with Gasteiger partial charge in [0.25, 0.3) is 0 Å². The second-order valence-electron chi connectivity index (χ2n) is 3.53. The molecular formula is C10H11F2NO3S. The number of ketones is 1. The van der Waals surface area contributed by atoms with Crippen LogP contribution >= 0.6 is 0 Å². The molecule has 0 saturated carbocycles. The number of rotatable bonds is 4. The molecule has 1 unspecified atom stereocenters. The number of nitrogens with one attached hydrogen (secondary N) is 1. The summed E-state index contributed by atoms with van der Waals surface area (Å²) in [6.07, 6.45) is 0. The average molecular weight is 263 g/mol. The fourth-order valence-electron chi connectivity index (χ4n) is 1.06. The molecule has 0 spiro atoms. The van der Waals surface area contributed by atoms with Crippen molar-refractivity contribution in [2.24, 2.45) is 0 Å². The first-order valence-corrected chi connectivity index (χ1v) is 6.20. The number of carbonyl (C=O) groups is 1. The van der Waals surface area contributed by atoms with Crippen molar-refractivity contribution in [3.05, 3.63) is 29.8 Å². The van der Waals surface area contributed by atoms with Gasteiger partial charge in [-0.25, -0.2) is 21.9 Å². The lowest BCUT2D eigenvalue weighted by Gasteiger charge is -2.11. The van der Waals surface area contributed by atoms with Crippen LogP contribution in [0, 0.1) is 11.6 Å². The standard InChI is InChI=1S/C10H11F2NO3S/c1-6(7(2)14)13-17(15,16)10-5-8(11)3-4-9(10)12/h3-6,13H,1-2H3. The summed E-state index contributed by atoms with van der Waals surface area (Å²) in [5, 5.41) is 0. The van der Waals surface area contributed by atoms with Gasteiger partial charge in [0, 0.05) is 0 Å². The van der Waals surface area contributed by atoms with E-state index in [2.05, 4.69) is 0 Å². The molecular weight excluding hydrogens is 252 g/mol. The Bertz CT molecular complexity index is 542. The summed E-state index contributed by atoms with van der Waals surface area (Å²) in [6, 6.07) is 1.08. The molecule has 0 heterocycles. The van der Waals surface area contributed by atoms with Gasteiger partial charge < -0.3 is 0 Å². The van der Waals surface area contributed by atoms with Crippen molar-refractivity contribution < 1.29 is 22.0 Å². The van der Waals surface area contributed by atoms with Gasteiger partial charge in [-0.2, -0.15) is 0 Å². The molecule has 0 saturated heterocycles. The summed E-state index contributed by atoms with van der Waals surface area (Å²) in [5.74, 6) is -2.37. The normalized spacial score (nSPS) is 13.4. The van der Waals surface area contributed by atoms with Gasteiger partial charge in [0.05, 0.1) is 6.04 Å². The van der Waals surface area contributed by atoms with Crippen LogP contribution in [0.25, 0.3) is 0 Å². The van der Waals surface area contributed by atoms with Gasteiger partial charge in [-0.15, -0.1) is 0 Å². The van der Waals surface area contributed by atoms with Crippen LogP contribution in [-0.2, 0) is 14.8 Å². The minimum Gasteiger partial charge on any atom is -0.298 e. The predicted molar refractivity (Wildman–Crippen MR) is 56.8 cm³/mol. The van der Waals surface area contributed by atoms with Gasteiger partial charge >= 0.3 is 0 Å². The number of halogens is 2. The maximum absolute atomic E-state index is 13.2. The van der Waals surface area contributed by atoms with Crippen molar-refractivity contribution in [1.29, 1.82) is 0 Å². The molecule has 1 aromatic carbocycles. The van der Waals surface area contributed by atoms with Gasteiger partial charge in [-0.1, -0.05) is 0 Å². The first-order valence-electron chi connectivity index (χ1n) is 4.72. The zero-order valence-corrected chi connectivity index (χ0v) is 10.0. The molecule has 0 radical (unpaired) electrons. The van der Waals surface area contributed by atoms with Crippen molar-refractivity contribution in [2.75, 3.05) is 0 Å². The Balaban J connectivity index is 3.13. The van der Waals surface area contributed by atoms with E-state index in [1.807, 2.05) is 4.72 Å². The molecule has 0 aliphatic rings. The number of hydrogen-bond acceptors (Lipinski definition) is 3. The molecule has 4 nitrogen and oxygen atoms in total. The van der Waals surface area contributed by atoms with E-state index in [1.165, 1.54) is 13.8 Å². The molecule has 1 rings (SSSR count). The number of sulfonamides is 1. The Kier molecular flexibility index (Phi) is 3.94. The molecule has 1 atom stereocenters. The highest BCUT2D eigenvalue weighted by atomic mass is 32.2. The van der Waals surface area contributed by atoms with Crippen LogP contribution in [0.3, 0.4) is 0 Å². The van der Waals surface area contributed by atoms with Gasteiger partial charge in [0.1, 0.15) is 22.3 Å². The highest BCUT2D eigenvalue weighted by Crippen LogP contribution is 2.15. The first kappa shape index (κ1) is 13.7. The molecule has 0 aliphatic carbocycles. The fourth-order valence-corrected chi connectivity index (χ4v) is 2.41. The van der Waals surface area contributed by atoms with E-state index in [9.17, 15) is 22.0 Å². The zero-order chi connectivity index (χ0) is 13.2. The van der Waals surface area contributed by atoms with Crippen LogP contribution in [-0.4, -0.2) is 20.2 Å². The first-order chi connectivity index (χ1) is 7.74. The quantitative estimate of drug-likeness (QED) is 0.888. The summed E-state index contributed by atoms with van der Waals surface area (Å²) in [5.41, 5.74) is 0. The third-order valence-corrected chi connectivity index (χ3v) is 3.68. The molecule has 17 heavy (non-hydrogen) atoms. The van der Waals surface area contributed by atoms with Gasteiger partial charge in [-0.3, -0.25) is 4.79 Å². The van der Waals surface area contributed by atoms with Crippen molar-refractivity contribution in [3.8, 4) is 0 Å². The van der Waals surface area contributed by atoms with Crippen LogP contribution in [0.2, 0.25) is 0 Å². The highest BCUT2D eigenvalue weighted by Gasteiger charge is 2.23. The van der Waals surface area contributed by atoms with E-state index in [0.29, 0.717) is 12.1 Å². The van der Waals surface area contributed by atoms with E-state index in [-0.39, 0.29) is 0 Å². The number of benzene rings is 1. The van der Waals surface area contributed by atoms with Gasteiger partial charge in [-0.05, 0) is 32.0 Å². The molecule has 0 aliphatic heterocycles. The van der Waals surface area contributed by atoms with Crippen LogP contribution < -0.4 is 4.72 Å². The molecule has 1 N–H and O–H groups in total. The largest absolute Gasteiger partial charge is 0.298 e. The minimum atomic E-state index is -4.24. The second-order valence-corrected chi connectivity index (χ2v) is 5.21. The number of hydrogen-bond donors (Lipinski definition) is 1. The summed E-state index contributed by atoms with van der Waals surface area (Å²) in [6.45, 7) is 2.51. The van der Waals surface area contributed by atoms with Crippen LogP contribution in [0.5, 0.6) is 0 Å². The van der Waals surface area contributed by atoms with Crippen molar-refractivity contribution in [3.63, 3.8) is 0 Å². The second kappa shape index (κ2) is 4.89. The lowest BCUT2D eigenvalue weighted by atomic mass is 10.3. The van der Waals surface area contributed by atoms with Gasteiger partial charge in [0.2, 0.25) is 10.0 Å². The van der Waals surface area contributed by atoms with Crippen LogP contribution in [0.1, 0.15) is 13.8 Å². The monoisotopic (exact) mass is 263 g/mol. The number of Topliss-reactive ketones (excluding diaryl/α,β-unsaturated/α-hetero) is 1. The Morgan fingerprint density at radius 1 is 1.35 bits per heavy atom. The Morgan fingerprint density at radius 3 is 2.47 bits per heavy atom. The Morgan fingerprint density at radius 2 is 1.94 bits per heavy atom. The van der Waals surface area contributed by atoms with Crippen molar-refractivity contribution in [2.45, 2.75) is 24.8 Å². The maximum Gasteiger partial charge on any atom is 0.244 e. The van der Waals surface area contributed by atoms with E-state index in [4.69, 9.17) is 0 Å². The van der Waals surface area contributed by atoms with Crippen LogP contribution in [0.4, 0.5) is 8.78 Å². The zero-order valence-electron chi connectivity index (χ0n) is 9.20. The summed E-state index contributed by atoms with van der Waals surface area (Å²) < 4.78 is 51.3. The minimum absolute atomic E-state index is 0.426. The van der Waals surface area contributed by atoms with Gasteiger partial charge in [0.15, 0.2) is 0 Å². The smallest absolute Gasteiger partial charge is 0.244 e. The lowest BCUT2D eigenvalue weighted by molar-refractivity contribution is -0.118. The lowest BCUT2D eigenvalue weighted by Crippen LogP contribution is -2.37. The Hall–Kier alpha value is -1.34. The van der Waals surface area contributed by atoms with E-state index in [1.54, 1.807) is 0 Å². The predicted octanol–water partition coefficient (Wildman–Crippen LogP) is 1.22. The fraction of sp³-hybridized carbons (Fsp3) is 0.300. The molecule has 0 bridgehead atoms. The van der Waals surface area contributed by atoms with E-state index >= 15 is 0 Å². The number of carbonyl (C=O) groups excluding carboxylic acids is 1. The van der Waals surface area contributed by atoms with E-state index < -0.39 is 38.4 Å². The highest BCUT2D eigenvalue weighted by molar-refractivity contribution is 7.89.